The van der Waals surface area contributed by atoms with E-state index in [4.69, 9.17) is 10.7 Å². The second kappa shape index (κ2) is 9.65. The van der Waals surface area contributed by atoms with Gasteiger partial charge in [0, 0.05) is 31.9 Å². The Labute approximate surface area is 208 Å². The summed E-state index contributed by atoms with van der Waals surface area (Å²) in [5.41, 5.74) is 9.62. The van der Waals surface area contributed by atoms with E-state index in [0.29, 0.717) is 17.0 Å². The number of para-hydroxylation sites is 2. The zero-order valence-corrected chi connectivity index (χ0v) is 20.9. The fourth-order valence-corrected chi connectivity index (χ4v) is 6.07. The maximum Gasteiger partial charge on any atom is 0.263 e. The third-order valence-electron chi connectivity index (χ3n) is 6.83. The summed E-state index contributed by atoms with van der Waals surface area (Å²) in [5.74, 6) is 0.927. The Morgan fingerprint density at radius 1 is 1.17 bits per heavy atom. The molecule has 0 aliphatic carbocycles. The van der Waals surface area contributed by atoms with E-state index in [9.17, 15) is 9.59 Å². The zero-order valence-electron chi connectivity index (χ0n) is 20.1. The average Bonchev–Trinajstić information content (AvgIpc) is 3.39. The molecule has 1 aliphatic heterocycles. The van der Waals surface area contributed by atoms with Crippen molar-refractivity contribution in [2.75, 3.05) is 19.3 Å². The van der Waals surface area contributed by atoms with Crippen molar-refractivity contribution in [3.8, 4) is 0 Å². The van der Waals surface area contributed by atoms with Crippen LogP contribution in [0.5, 0.6) is 0 Å². The molecule has 4 aromatic rings. The van der Waals surface area contributed by atoms with Gasteiger partial charge in [-0.15, -0.1) is 11.3 Å². The van der Waals surface area contributed by atoms with E-state index in [1.807, 2.05) is 42.2 Å². The van der Waals surface area contributed by atoms with Gasteiger partial charge in [0.1, 0.15) is 15.5 Å². The summed E-state index contributed by atoms with van der Waals surface area (Å²) in [7, 11) is 1.59. The number of aromatic nitrogens is 3. The first-order chi connectivity index (χ1) is 17.0. The summed E-state index contributed by atoms with van der Waals surface area (Å²) in [4.78, 5) is 38.1. The number of likely N-dealkylation sites (tertiary alicyclic amines) is 1. The van der Waals surface area contributed by atoms with Gasteiger partial charge in [0.25, 0.3) is 5.91 Å². The molecular weight excluding hydrogens is 460 g/mol. The Balaban J connectivity index is 1.31. The van der Waals surface area contributed by atoms with Crippen LogP contribution in [0.4, 0.5) is 5.69 Å². The van der Waals surface area contributed by atoms with E-state index in [-0.39, 0.29) is 17.9 Å². The van der Waals surface area contributed by atoms with Crippen molar-refractivity contribution >= 4 is 50.1 Å². The van der Waals surface area contributed by atoms with Gasteiger partial charge in [-0.25, -0.2) is 9.97 Å². The summed E-state index contributed by atoms with van der Waals surface area (Å²) in [5, 5.41) is 3.42. The number of aryl methyl sites for hydroxylation is 2. The number of pyridine rings is 1. The van der Waals surface area contributed by atoms with Gasteiger partial charge in [0.2, 0.25) is 5.91 Å². The number of carbonyl (C=O) groups is 2. The first-order valence-corrected chi connectivity index (χ1v) is 12.9. The second-order valence-corrected chi connectivity index (χ2v) is 10.0. The van der Waals surface area contributed by atoms with Gasteiger partial charge in [-0.05, 0) is 56.9 Å². The highest BCUT2D eigenvalue weighted by Crippen LogP contribution is 2.36. The molecule has 1 aliphatic rings. The fourth-order valence-electron chi connectivity index (χ4n) is 5.03. The number of piperidine rings is 1. The standard InChI is InChI=1S/C26H30N6O2S/c1-16-29-18-8-3-4-9-20(18)31(16)15-7-11-22(33)32-14-6-5-10-21(32)19-13-12-17-23(27)24(25(34)28-2)35-26(17)30-19/h3-4,8-9,12-13,21H,5-7,10-11,14-15,27H2,1-2H3,(H,28,34)/t21-/m1/s1. The average molecular weight is 491 g/mol. The van der Waals surface area contributed by atoms with Crippen molar-refractivity contribution in [2.45, 2.75) is 51.6 Å². The molecule has 8 nitrogen and oxygen atoms in total. The largest absolute Gasteiger partial charge is 0.397 e. The molecular formula is C26H30N6O2S. The first-order valence-electron chi connectivity index (χ1n) is 12.1. The van der Waals surface area contributed by atoms with Crippen LogP contribution in [-0.2, 0) is 11.3 Å². The molecule has 0 bridgehead atoms. The second-order valence-electron chi connectivity index (χ2n) is 9.01. The fraction of sp³-hybridized carbons (Fsp3) is 0.385. The van der Waals surface area contributed by atoms with Crippen LogP contribution in [0.3, 0.4) is 0 Å². The number of anilines is 1. The normalized spacial score (nSPS) is 16.2. The molecule has 3 N–H and O–H groups in total. The predicted molar refractivity (Wildman–Crippen MR) is 139 cm³/mol. The van der Waals surface area contributed by atoms with Crippen molar-refractivity contribution < 1.29 is 9.59 Å². The van der Waals surface area contributed by atoms with Gasteiger partial charge < -0.3 is 20.5 Å². The molecule has 35 heavy (non-hydrogen) atoms. The Morgan fingerprint density at radius 2 is 2.00 bits per heavy atom. The van der Waals surface area contributed by atoms with Gasteiger partial charge in [0.15, 0.2) is 0 Å². The Morgan fingerprint density at radius 3 is 2.83 bits per heavy atom. The number of rotatable bonds is 6. The molecule has 4 heterocycles. The molecule has 0 radical (unpaired) electrons. The number of amides is 2. The van der Waals surface area contributed by atoms with Crippen LogP contribution in [0.15, 0.2) is 36.4 Å². The van der Waals surface area contributed by atoms with Crippen LogP contribution in [0.1, 0.15) is 59.3 Å². The monoisotopic (exact) mass is 490 g/mol. The van der Waals surface area contributed by atoms with Gasteiger partial charge >= 0.3 is 0 Å². The highest BCUT2D eigenvalue weighted by molar-refractivity contribution is 7.21. The Bertz CT molecular complexity index is 1410. The smallest absolute Gasteiger partial charge is 0.263 e. The van der Waals surface area contributed by atoms with Crippen molar-refractivity contribution in [1.29, 1.82) is 0 Å². The molecule has 0 unspecified atom stereocenters. The van der Waals surface area contributed by atoms with E-state index < -0.39 is 0 Å². The van der Waals surface area contributed by atoms with E-state index in [0.717, 1.165) is 71.5 Å². The lowest BCUT2D eigenvalue weighted by Gasteiger charge is -2.35. The number of carbonyl (C=O) groups excluding carboxylic acids is 2. The van der Waals surface area contributed by atoms with Gasteiger partial charge in [-0.3, -0.25) is 9.59 Å². The number of thiophene rings is 1. The molecule has 3 aromatic heterocycles. The molecule has 1 fully saturated rings. The maximum absolute atomic E-state index is 13.3. The van der Waals surface area contributed by atoms with Crippen LogP contribution >= 0.6 is 11.3 Å². The minimum absolute atomic E-state index is 0.0526. The van der Waals surface area contributed by atoms with Crippen LogP contribution in [0.2, 0.25) is 0 Å². The van der Waals surface area contributed by atoms with E-state index in [2.05, 4.69) is 20.9 Å². The van der Waals surface area contributed by atoms with Gasteiger partial charge in [0.05, 0.1) is 28.5 Å². The molecule has 5 rings (SSSR count). The number of nitrogens with one attached hydrogen (secondary N) is 1. The van der Waals surface area contributed by atoms with Crippen LogP contribution in [0.25, 0.3) is 21.3 Å². The lowest BCUT2D eigenvalue weighted by molar-refractivity contribution is -0.135. The number of nitrogens with zero attached hydrogens (tertiary/aromatic N) is 4. The number of benzene rings is 1. The lowest BCUT2D eigenvalue weighted by Crippen LogP contribution is -2.38. The molecule has 0 saturated carbocycles. The summed E-state index contributed by atoms with van der Waals surface area (Å²) in [6.07, 6.45) is 4.19. The first kappa shape index (κ1) is 23.3. The maximum atomic E-state index is 13.3. The molecule has 1 atom stereocenters. The number of imidazole rings is 1. The molecule has 9 heteroatoms. The highest BCUT2D eigenvalue weighted by Gasteiger charge is 2.29. The van der Waals surface area contributed by atoms with E-state index >= 15 is 0 Å². The Hall–Kier alpha value is -3.46. The van der Waals surface area contributed by atoms with E-state index in [1.54, 1.807) is 7.05 Å². The molecule has 182 valence electrons. The van der Waals surface area contributed by atoms with Crippen molar-refractivity contribution in [3.63, 3.8) is 0 Å². The van der Waals surface area contributed by atoms with Crippen molar-refractivity contribution in [1.82, 2.24) is 24.8 Å². The van der Waals surface area contributed by atoms with Crippen LogP contribution in [-0.4, -0.2) is 44.8 Å². The van der Waals surface area contributed by atoms with Crippen LogP contribution in [0, 0.1) is 6.92 Å². The number of nitrogen functional groups attached to an aromatic ring is 1. The SMILES string of the molecule is CNC(=O)c1sc2nc([C@H]3CCCCN3C(=O)CCCn3c(C)nc4ccccc43)ccc2c1N. The number of hydrogen-bond acceptors (Lipinski definition) is 6. The zero-order chi connectivity index (χ0) is 24.5. The third-order valence-corrected chi connectivity index (χ3v) is 7.94. The predicted octanol–water partition coefficient (Wildman–Crippen LogP) is 4.43. The lowest BCUT2D eigenvalue weighted by atomic mass is 9.98. The minimum atomic E-state index is -0.206. The quantitative estimate of drug-likeness (QED) is 0.416. The minimum Gasteiger partial charge on any atom is -0.397 e. The Kier molecular flexibility index (Phi) is 6.42. The van der Waals surface area contributed by atoms with Crippen LogP contribution < -0.4 is 11.1 Å². The summed E-state index contributed by atoms with van der Waals surface area (Å²) < 4.78 is 2.19. The van der Waals surface area contributed by atoms with Gasteiger partial charge in [-0.1, -0.05) is 12.1 Å². The summed E-state index contributed by atoms with van der Waals surface area (Å²) >= 11 is 1.30. The number of nitrogens with two attached hydrogens (primary N) is 1. The topological polar surface area (TPSA) is 106 Å². The molecule has 1 aromatic carbocycles. The van der Waals surface area contributed by atoms with Crippen molar-refractivity contribution in [3.05, 3.63) is 52.8 Å². The van der Waals surface area contributed by atoms with E-state index in [1.165, 1.54) is 11.3 Å². The summed E-state index contributed by atoms with van der Waals surface area (Å²) in [6, 6.07) is 11.9. The highest BCUT2D eigenvalue weighted by atomic mass is 32.1. The molecule has 1 saturated heterocycles. The third kappa shape index (κ3) is 4.36. The van der Waals surface area contributed by atoms with Crippen molar-refractivity contribution in [2.24, 2.45) is 0 Å². The molecule has 2 amide bonds. The molecule has 0 spiro atoms. The number of fused-ring (bicyclic) bond motifs is 2. The van der Waals surface area contributed by atoms with Gasteiger partial charge in [-0.2, -0.15) is 0 Å². The number of hydrogen-bond donors (Lipinski definition) is 2. The summed E-state index contributed by atoms with van der Waals surface area (Å²) in [6.45, 7) is 3.51.